The van der Waals surface area contributed by atoms with Crippen LogP contribution in [0.25, 0.3) is 0 Å². The van der Waals surface area contributed by atoms with E-state index in [0.29, 0.717) is 5.56 Å². The Morgan fingerprint density at radius 2 is 2.00 bits per heavy atom. The van der Waals surface area contributed by atoms with E-state index in [1.807, 2.05) is 0 Å². The van der Waals surface area contributed by atoms with Crippen LogP contribution in [0.4, 0.5) is 10.1 Å². The van der Waals surface area contributed by atoms with Gasteiger partial charge in [0.15, 0.2) is 5.13 Å². The minimum absolute atomic E-state index is 0.00781. The summed E-state index contributed by atoms with van der Waals surface area (Å²) in [5.74, 6) is -0.315. The Labute approximate surface area is 84.6 Å². The van der Waals surface area contributed by atoms with E-state index in [2.05, 4.69) is 0 Å². The molecule has 1 saturated carbocycles. The van der Waals surface area contributed by atoms with Crippen LogP contribution in [0.5, 0.6) is 0 Å². The van der Waals surface area contributed by atoms with Crippen LogP contribution in [0.15, 0.2) is 24.3 Å². The van der Waals surface area contributed by atoms with Crippen molar-refractivity contribution in [3.8, 4) is 0 Å². The van der Waals surface area contributed by atoms with Gasteiger partial charge in [0.25, 0.3) is 5.69 Å². The maximum Gasteiger partial charge on any atom is 0.269 e. The van der Waals surface area contributed by atoms with Crippen molar-refractivity contribution in [1.82, 2.24) is 0 Å². The Morgan fingerprint density at radius 3 is 2.36 bits per heavy atom. The van der Waals surface area contributed by atoms with Crippen LogP contribution >= 0.6 is 11.6 Å². The normalized spacial score (nSPS) is 30.0. The lowest BCUT2D eigenvalue weighted by Gasteiger charge is -1.98. The number of halogens is 2. The first-order chi connectivity index (χ1) is 6.50. The van der Waals surface area contributed by atoms with Gasteiger partial charge in [-0.2, -0.15) is 0 Å². The molecule has 1 aliphatic rings. The highest BCUT2D eigenvalue weighted by atomic mass is 35.5. The Hall–Kier alpha value is -1.16. The molecule has 0 bridgehead atoms. The van der Waals surface area contributed by atoms with Crippen LogP contribution < -0.4 is 0 Å². The molecule has 1 aromatic rings. The highest BCUT2D eigenvalue weighted by molar-refractivity contribution is 6.25. The number of non-ortho nitro benzene ring substituents is 1. The van der Waals surface area contributed by atoms with E-state index >= 15 is 0 Å². The molecule has 1 fully saturated rings. The molecule has 74 valence electrons. The average Bonchev–Trinajstić information content (AvgIpc) is 2.75. The zero-order valence-electron chi connectivity index (χ0n) is 7.11. The van der Waals surface area contributed by atoms with Gasteiger partial charge in [-0.15, -0.1) is 0 Å². The van der Waals surface area contributed by atoms with Gasteiger partial charge < -0.3 is 0 Å². The summed E-state index contributed by atoms with van der Waals surface area (Å²) in [6.07, 6.45) is 0.284. The number of benzene rings is 1. The summed E-state index contributed by atoms with van der Waals surface area (Å²) in [5.41, 5.74) is 0.724. The lowest BCUT2D eigenvalue weighted by atomic mass is 10.1. The number of nitro benzene ring substituents is 1. The highest BCUT2D eigenvalue weighted by Crippen LogP contribution is 2.57. The SMILES string of the molecule is O=[N+]([O-])c1ccc([C@@H]2C[C@]2(F)Cl)cc1. The molecule has 2 atom stereocenters. The predicted molar refractivity (Wildman–Crippen MR) is 50.1 cm³/mol. The smallest absolute Gasteiger partial charge is 0.258 e. The third-order valence-electron chi connectivity index (χ3n) is 2.33. The van der Waals surface area contributed by atoms with E-state index in [9.17, 15) is 14.5 Å². The summed E-state index contributed by atoms with van der Waals surface area (Å²) in [6, 6.07) is 5.82. The van der Waals surface area contributed by atoms with Gasteiger partial charge in [0.2, 0.25) is 0 Å². The molecule has 0 unspecified atom stereocenters. The van der Waals surface area contributed by atoms with E-state index in [1.54, 1.807) is 12.1 Å². The van der Waals surface area contributed by atoms with Crippen LogP contribution in [0.3, 0.4) is 0 Å². The monoisotopic (exact) mass is 215 g/mol. The van der Waals surface area contributed by atoms with Crippen LogP contribution in [0, 0.1) is 10.1 Å². The van der Waals surface area contributed by atoms with Crippen molar-refractivity contribution < 1.29 is 9.31 Å². The van der Waals surface area contributed by atoms with E-state index in [4.69, 9.17) is 11.6 Å². The van der Waals surface area contributed by atoms with E-state index in [1.165, 1.54) is 12.1 Å². The second kappa shape index (κ2) is 2.92. The van der Waals surface area contributed by atoms with Crippen molar-refractivity contribution in [2.75, 3.05) is 0 Å². The molecular formula is C9H7ClFNO2. The number of nitrogens with zero attached hydrogens (tertiary/aromatic N) is 1. The molecule has 5 heteroatoms. The van der Waals surface area contributed by atoms with Crippen LogP contribution in [-0.4, -0.2) is 10.1 Å². The molecular weight excluding hydrogens is 209 g/mol. The molecule has 0 heterocycles. The number of alkyl halides is 2. The fourth-order valence-electron chi connectivity index (χ4n) is 1.40. The van der Waals surface area contributed by atoms with E-state index in [-0.39, 0.29) is 18.0 Å². The standard InChI is InChI=1S/C9H7ClFNO2/c10-9(11)5-8(9)6-1-3-7(4-2-6)12(13)14/h1-4,8H,5H2/t8-,9+/m0/s1. The van der Waals surface area contributed by atoms with Gasteiger partial charge in [-0.3, -0.25) is 10.1 Å². The average molecular weight is 216 g/mol. The van der Waals surface area contributed by atoms with Gasteiger partial charge in [-0.25, -0.2) is 4.39 Å². The van der Waals surface area contributed by atoms with Gasteiger partial charge in [0.1, 0.15) is 0 Å². The molecule has 3 nitrogen and oxygen atoms in total. The van der Waals surface area contributed by atoms with Crippen molar-refractivity contribution in [2.45, 2.75) is 17.5 Å². The minimum atomic E-state index is -1.64. The first-order valence-corrected chi connectivity index (χ1v) is 4.51. The third kappa shape index (κ3) is 1.57. The second-order valence-corrected chi connectivity index (χ2v) is 3.99. The van der Waals surface area contributed by atoms with Gasteiger partial charge in [-0.1, -0.05) is 23.7 Å². The predicted octanol–water partition coefficient (Wildman–Crippen LogP) is 2.99. The van der Waals surface area contributed by atoms with Crippen molar-refractivity contribution in [2.24, 2.45) is 0 Å². The molecule has 0 radical (unpaired) electrons. The maximum absolute atomic E-state index is 13.0. The van der Waals surface area contributed by atoms with Crippen LogP contribution in [-0.2, 0) is 0 Å². The van der Waals surface area contributed by atoms with Crippen molar-refractivity contribution in [1.29, 1.82) is 0 Å². The highest BCUT2D eigenvalue weighted by Gasteiger charge is 2.54. The minimum Gasteiger partial charge on any atom is -0.258 e. The summed E-state index contributed by atoms with van der Waals surface area (Å²) in [5, 5.41) is 8.69. The summed E-state index contributed by atoms with van der Waals surface area (Å²) < 4.78 is 13.0. The number of rotatable bonds is 2. The van der Waals surface area contributed by atoms with Crippen LogP contribution in [0.1, 0.15) is 17.9 Å². The molecule has 0 aromatic heterocycles. The Kier molecular flexibility index (Phi) is 1.96. The van der Waals surface area contributed by atoms with Crippen molar-refractivity contribution in [3.63, 3.8) is 0 Å². The summed E-state index contributed by atoms with van der Waals surface area (Å²) in [7, 11) is 0. The van der Waals surface area contributed by atoms with Crippen molar-refractivity contribution >= 4 is 17.3 Å². The van der Waals surface area contributed by atoms with Crippen LogP contribution in [0.2, 0.25) is 0 Å². The second-order valence-electron chi connectivity index (χ2n) is 3.37. The molecule has 0 saturated heterocycles. The zero-order valence-corrected chi connectivity index (χ0v) is 7.87. The number of hydrogen-bond donors (Lipinski definition) is 0. The number of nitro groups is 1. The molecule has 14 heavy (non-hydrogen) atoms. The molecule has 1 aromatic carbocycles. The lowest BCUT2D eigenvalue weighted by molar-refractivity contribution is -0.384. The topological polar surface area (TPSA) is 43.1 Å². The van der Waals surface area contributed by atoms with E-state index in [0.717, 1.165) is 0 Å². The molecule has 0 aliphatic heterocycles. The molecule has 0 amide bonds. The molecule has 1 aliphatic carbocycles. The summed E-state index contributed by atoms with van der Waals surface area (Å²) in [6.45, 7) is 0. The summed E-state index contributed by atoms with van der Waals surface area (Å²) in [4.78, 5) is 9.84. The maximum atomic E-state index is 13.0. The quantitative estimate of drug-likeness (QED) is 0.432. The Bertz CT molecular complexity index is 377. The Balaban J connectivity index is 2.20. The van der Waals surface area contributed by atoms with Crippen molar-refractivity contribution in [3.05, 3.63) is 39.9 Å². The Morgan fingerprint density at radius 1 is 1.50 bits per heavy atom. The lowest BCUT2D eigenvalue weighted by Crippen LogP contribution is -1.92. The van der Waals surface area contributed by atoms with E-state index < -0.39 is 10.1 Å². The fraction of sp³-hybridized carbons (Fsp3) is 0.333. The zero-order chi connectivity index (χ0) is 10.3. The first-order valence-electron chi connectivity index (χ1n) is 4.13. The van der Waals surface area contributed by atoms with Gasteiger partial charge in [-0.05, 0) is 5.56 Å². The van der Waals surface area contributed by atoms with Gasteiger partial charge >= 0.3 is 0 Å². The number of hydrogen-bond acceptors (Lipinski definition) is 2. The van der Waals surface area contributed by atoms with Gasteiger partial charge in [0, 0.05) is 24.5 Å². The largest absolute Gasteiger partial charge is 0.269 e. The van der Waals surface area contributed by atoms with Gasteiger partial charge in [0.05, 0.1) is 4.92 Å². The molecule has 0 N–H and O–H groups in total. The molecule has 0 spiro atoms. The third-order valence-corrected chi connectivity index (χ3v) is 2.75. The molecule has 2 rings (SSSR count). The summed E-state index contributed by atoms with van der Waals surface area (Å²) >= 11 is 5.44. The fourth-order valence-corrected chi connectivity index (χ4v) is 1.68. The first kappa shape index (κ1) is 9.40.